The third kappa shape index (κ3) is 4.66. The third-order valence-corrected chi connectivity index (χ3v) is 8.49. The van der Waals surface area contributed by atoms with Crippen LogP contribution < -0.4 is 4.31 Å². The van der Waals surface area contributed by atoms with Gasteiger partial charge in [0.1, 0.15) is 0 Å². The van der Waals surface area contributed by atoms with E-state index in [-0.39, 0.29) is 27.0 Å². The van der Waals surface area contributed by atoms with Crippen molar-refractivity contribution < 1.29 is 18.3 Å². The number of nitrogens with zero attached hydrogens (tertiary/aromatic N) is 5. The van der Waals surface area contributed by atoms with E-state index < -0.39 is 21.7 Å². The number of aromatic nitrogens is 3. The molecule has 1 N–H and O–H groups in total. The molecule has 4 aromatic rings. The average Bonchev–Trinajstić information content (AvgIpc) is 3.25. The number of benzene rings is 2. The Kier molecular flexibility index (Phi) is 7.22. The van der Waals surface area contributed by atoms with Crippen molar-refractivity contribution in [3.63, 3.8) is 0 Å². The molecule has 0 fully saturated rings. The summed E-state index contributed by atoms with van der Waals surface area (Å²) in [7, 11) is -1.42. The predicted octanol–water partition coefficient (Wildman–Crippen LogP) is 4.98. The Morgan fingerprint density at radius 2 is 1.70 bits per heavy atom. The molecule has 12 heteroatoms. The SMILES string of the molecule is CCC(C(=O)O)(N(C)C)N(c1ccc2c(ccn2-c2ccc(C)nn2)c1)S(=O)(=O)c1cc(Cl)cc(Cl)c1. The normalized spacial score (nSPS) is 13.6. The van der Waals surface area contributed by atoms with Gasteiger partial charge in [0.15, 0.2) is 5.82 Å². The van der Waals surface area contributed by atoms with Crippen molar-refractivity contribution >= 4 is 55.8 Å². The second-order valence-electron chi connectivity index (χ2n) is 8.71. The lowest BCUT2D eigenvalue weighted by Gasteiger charge is -2.44. The summed E-state index contributed by atoms with van der Waals surface area (Å²) in [6, 6.07) is 14.3. The van der Waals surface area contributed by atoms with Crippen LogP contribution in [0.15, 0.2) is 65.7 Å². The molecular weight excluding hydrogens is 537 g/mol. The van der Waals surface area contributed by atoms with Gasteiger partial charge < -0.3 is 5.11 Å². The second kappa shape index (κ2) is 9.94. The van der Waals surface area contributed by atoms with Gasteiger partial charge in [0.25, 0.3) is 10.0 Å². The minimum absolute atomic E-state index is 0.0547. The summed E-state index contributed by atoms with van der Waals surface area (Å²) in [5.74, 6) is -0.738. The molecule has 9 nitrogen and oxygen atoms in total. The number of likely N-dealkylation sites (N-methyl/N-ethyl adjacent to an activating group) is 1. The first kappa shape index (κ1) is 26.9. The van der Waals surface area contributed by atoms with Crippen LogP contribution in [0.1, 0.15) is 19.0 Å². The molecule has 4 rings (SSSR count). The zero-order valence-corrected chi connectivity index (χ0v) is 22.9. The molecule has 0 saturated heterocycles. The number of carbonyl (C=O) groups is 1. The van der Waals surface area contributed by atoms with Gasteiger partial charge in [-0.1, -0.05) is 30.1 Å². The molecule has 0 amide bonds. The highest BCUT2D eigenvalue weighted by Crippen LogP contribution is 2.38. The fourth-order valence-electron chi connectivity index (χ4n) is 4.38. The maximum Gasteiger partial charge on any atom is 0.346 e. The first-order valence-electron chi connectivity index (χ1n) is 11.3. The number of aliphatic carboxylic acids is 1. The highest BCUT2D eigenvalue weighted by Gasteiger charge is 2.51. The van der Waals surface area contributed by atoms with Crippen LogP contribution in [0.4, 0.5) is 5.69 Å². The first-order valence-corrected chi connectivity index (χ1v) is 13.5. The number of hydrogen-bond donors (Lipinski definition) is 1. The lowest BCUT2D eigenvalue weighted by molar-refractivity contribution is -0.149. The lowest BCUT2D eigenvalue weighted by atomic mass is 10.0. The molecule has 0 aliphatic heterocycles. The molecule has 2 aromatic carbocycles. The Balaban J connectivity index is 1.97. The number of sulfonamides is 1. The van der Waals surface area contributed by atoms with Crippen molar-refractivity contribution in [1.82, 2.24) is 19.7 Å². The lowest BCUT2D eigenvalue weighted by Crippen LogP contribution is -2.65. The predicted molar refractivity (Wildman–Crippen MR) is 144 cm³/mol. The zero-order valence-electron chi connectivity index (χ0n) is 20.6. The van der Waals surface area contributed by atoms with Crippen LogP contribution in [-0.2, 0) is 14.8 Å². The van der Waals surface area contributed by atoms with E-state index in [4.69, 9.17) is 23.2 Å². The summed E-state index contributed by atoms with van der Waals surface area (Å²) >= 11 is 12.2. The van der Waals surface area contributed by atoms with E-state index in [0.717, 1.165) is 15.5 Å². The van der Waals surface area contributed by atoms with Crippen LogP contribution in [0, 0.1) is 6.92 Å². The Labute approximate surface area is 224 Å². The van der Waals surface area contributed by atoms with Gasteiger partial charge in [-0.3, -0.25) is 9.47 Å². The molecule has 2 heterocycles. The maximum atomic E-state index is 14.1. The van der Waals surface area contributed by atoms with Gasteiger partial charge in [0.2, 0.25) is 5.66 Å². The molecule has 1 atom stereocenters. The van der Waals surface area contributed by atoms with Crippen molar-refractivity contribution in [2.45, 2.75) is 30.8 Å². The van der Waals surface area contributed by atoms with E-state index in [9.17, 15) is 18.3 Å². The van der Waals surface area contributed by atoms with E-state index in [1.807, 2.05) is 23.6 Å². The number of aryl methyl sites for hydroxylation is 1. The van der Waals surface area contributed by atoms with Gasteiger partial charge in [-0.2, -0.15) is 5.10 Å². The molecule has 1 unspecified atom stereocenters. The van der Waals surface area contributed by atoms with Gasteiger partial charge in [0, 0.05) is 21.6 Å². The number of halogens is 2. The summed E-state index contributed by atoms with van der Waals surface area (Å²) in [6.45, 7) is 3.46. The zero-order chi connectivity index (χ0) is 27.1. The van der Waals surface area contributed by atoms with Gasteiger partial charge in [-0.25, -0.2) is 17.5 Å². The molecule has 37 heavy (non-hydrogen) atoms. The Bertz CT molecular complexity index is 1570. The molecule has 2 aromatic heterocycles. The van der Waals surface area contributed by atoms with E-state index >= 15 is 0 Å². The number of rotatable bonds is 8. The van der Waals surface area contributed by atoms with Crippen molar-refractivity contribution in [2.75, 3.05) is 18.4 Å². The standard InChI is InChI=1S/C25H25Cl2N5O4S/c1-5-25(24(33)34,30(3)4)32(37(35,36)21-14-18(26)13-19(27)15-21)20-7-8-22-17(12-20)10-11-31(22)23-9-6-16(2)28-29-23/h6-15H,5H2,1-4H3,(H,33,34). The molecule has 0 radical (unpaired) electrons. The van der Waals surface area contributed by atoms with E-state index in [2.05, 4.69) is 10.2 Å². The van der Waals surface area contributed by atoms with E-state index in [1.165, 1.54) is 37.2 Å². The highest BCUT2D eigenvalue weighted by atomic mass is 35.5. The number of anilines is 1. The summed E-state index contributed by atoms with van der Waals surface area (Å²) in [5.41, 5.74) is -0.272. The fraction of sp³-hybridized carbons (Fsp3) is 0.240. The molecule has 0 aliphatic carbocycles. The van der Waals surface area contributed by atoms with Crippen molar-refractivity contribution in [2.24, 2.45) is 0 Å². The van der Waals surface area contributed by atoms with Gasteiger partial charge in [0.05, 0.1) is 21.8 Å². The number of fused-ring (bicyclic) bond motifs is 1. The van der Waals surface area contributed by atoms with Crippen LogP contribution in [0.25, 0.3) is 16.7 Å². The average molecular weight is 562 g/mol. The Hall–Kier alpha value is -3.18. The minimum atomic E-state index is -4.46. The van der Waals surface area contributed by atoms with E-state index in [1.54, 1.807) is 37.4 Å². The smallest absolute Gasteiger partial charge is 0.346 e. The quantitative estimate of drug-likeness (QED) is 0.302. The van der Waals surface area contributed by atoms with Crippen molar-refractivity contribution in [3.8, 4) is 5.82 Å². The summed E-state index contributed by atoms with van der Waals surface area (Å²) in [5, 5.41) is 19.6. The fourth-order valence-corrected chi connectivity index (χ4v) is 6.96. The molecule has 0 bridgehead atoms. The number of carboxylic acid groups (broad SMARTS) is 1. The van der Waals surface area contributed by atoms with Gasteiger partial charge >= 0.3 is 5.97 Å². The summed E-state index contributed by atoms with van der Waals surface area (Å²) in [4.78, 5) is 13.9. The van der Waals surface area contributed by atoms with Crippen molar-refractivity contribution in [1.29, 1.82) is 0 Å². The van der Waals surface area contributed by atoms with Gasteiger partial charge in [-0.05, 0) is 82.0 Å². The number of hydrogen-bond acceptors (Lipinski definition) is 6. The van der Waals surface area contributed by atoms with Crippen molar-refractivity contribution in [3.05, 3.63) is 76.5 Å². The monoisotopic (exact) mass is 561 g/mol. The van der Waals surface area contributed by atoms with Crippen LogP contribution >= 0.6 is 23.2 Å². The van der Waals surface area contributed by atoms with Crippen LogP contribution in [0.2, 0.25) is 10.0 Å². The minimum Gasteiger partial charge on any atom is -0.478 e. The topological polar surface area (TPSA) is 109 Å². The summed E-state index contributed by atoms with van der Waals surface area (Å²) < 4.78 is 31.0. The second-order valence-corrected chi connectivity index (χ2v) is 11.4. The molecule has 0 aliphatic rings. The number of carboxylic acids is 1. The van der Waals surface area contributed by atoms with E-state index in [0.29, 0.717) is 11.2 Å². The Morgan fingerprint density at radius 3 is 2.24 bits per heavy atom. The molecular formula is C25H25Cl2N5O4S. The molecule has 0 spiro atoms. The molecule has 0 saturated carbocycles. The van der Waals surface area contributed by atoms with Crippen LogP contribution in [0.3, 0.4) is 0 Å². The maximum absolute atomic E-state index is 14.1. The van der Waals surface area contributed by atoms with Crippen LogP contribution in [0.5, 0.6) is 0 Å². The summed E-state index contributed by atoms with van der Waals surface area (Å²) in [6.07, 6.45) is 1.74. The van der Waals surface area contributed by atoms with Crippen LogP contribution in [-0.4, -0.2) is 58.9 Å². The largest absolute Gasteiger partial charge is 0.478 e. The first-order chi connectivity index (χ1) is 17.4. The highest BCUT2D eigenvalue weighted by molar-refractivity contribution is 7.93. The third-order valence-electron chi connectivity index (χ3n) is 6.22. The Morgan fingerprint density at radius 1 is 1.03 bits per heavy atom. The molecule has 194 valence electrons. The van der Waals surface area contributed by atoms with Gasteiger partial charge in [-0.15, -0.1) is 5.10 Å².